The van der Waals surface area contributed by atoms with E-state index >= 15 is 0 Å². The van der Waals surface area contributed by atoms with E-state index in [0.29, 0.717) is 24.5 Å². The maximum absolute atomic E-state index is 10.2. The minimum atomic E-state index is -0.882. The van der Waals surface area contributed by atoms with Crippen LogP contribution in [0, 0.1) is 11.3 Å². The zero-order chi connectivity index (χ0) is 23.7. The van der Waals surface area contributed by atoms with Crippen molar-refractivity contribution in [1.29, 1.82) is 5.26 Å². The van der Waals surface area contributed by atoms with Crippen molar-refractivity contribution in [3.05, 3.63) is 71.9 Å². The number of rotatable bonds is 5. The van der Waals surface area contributed by atoms with Crippen LogP contribution in [0.1, 0.15) is 37.8 Å². The number of nitriles is 1. The summed E-state index contributed by atoms with van der Waals surface area (Å²) < 4.78 is 11.5. The predicted octanol–water partition coefficient (Wildman–Crippen LogP) is 5.55. The van der Waals surface area contributed by atoms with Crippen LogP contribution in [0.15, 0.2) is 60.8 Å². The number of hydrogen-bond acceptors (Lipinski definition) is 5. The third-order valence-electron chi connectivity index (χ3n) is 6.31. The Kier molecular flexibility index (Phi) is 5.82. The molecule has 0 atom stereocenters. The molecule has 34 heavy (non-hydrogen) atoms. The van der Waals surface area contributed by atoms with E-state index in [2.05, 4.69) is 22.1 Å². The van der Waals surface area contributed by atoms with Crippen molar-refractivity contribution in [3.8, 4) is 34.2 Å². The molecule has 1 fully saturated rings. The predicted molar refractivity (Wildman–Crippen MR) is 131 cm³/mol. The van der Waals surface area contributed by atoms with Crippen LogP contribution in [0.25, 0.3) is 33.4 Å². The average molecular weight is 454 g/mol. The fourth-order valence-electron chi connectivity index (χ4n) is 4.35. The first-order chi connectivity index (χ1) is 16.4. The Morgan fingerprint density at radius 3 is 2.50 bits per heavy atom. The lowest BCUT2D eigenvalue weighted by Gasteiger charge is -2.23. The zero-order valence-corrected chi connectivity index (χ0v) is 19.3. The molecule has 0 amide bonds. The maximum Gasteiger partial charge on any atom is 0.138 e. The molecule has 172 valence electrons. The average Bonchev–Trinajstić information content (AvgIpc) is 3.29. The highest BCUT2D eigenvalue weighted by Crippen LogP contribution is 2.34. The van der Waals surface area contributed by atoms with Crippen LogP contribution >= 0.6 is 0 Å². The van der Waals surface area contributed by atoms with E-state index in [1.54, 1.807) is 20.0 Å². The summed E-state index contributed by atoms with van der Waals surface area (Å²) in [6.45, 7) is 4.93. The van der Waals surface area contributed by atoms with Gasteiger partial charge in [0.1, 0.15) is 23.6 Å². The number of aromatic nitrogens is 2. The third-order valence-corrected chi connectivity index (χ3v) is 6.31. The van der Waals surface area contributed by atoms with Gasteiger partial charge in [-0.05, 0) is 60.4 Å². The van der Waals surface area contributed by atoms with Crippen molar-refractivity contribution in [3.63, 3.8) is 0 Å². The molecule has 0 aliphatic carbocycles. The number of ether oxygens (including phenoxy) is 2. The molecule has 1 aliphatic rings. The number of aliphatic hydroxyl groups is 1. The lowest BCUT2D eigenvalue weighted by Crippen LogP contribution is -2.26. The first-order valence-corrected chi connectivity index (χ1v) is 11.5. The molecule has 2 N–H and O–H groups in total. The zero-order valence-electron chi connectivity index (χ0n) is 19.3. The third kappa shape index (κ3) is 4.41. The molecule has 5 rings (SSSR count). The molecule has 0 spiro atoms. The highest BCUT2D eigenvalue weighted by atomic mass is 16.5. The Morgan fingerprint density at radius 1 is 1.06 bits per heavy atom. The lowest BCUT2D eigenvalue weighted by molar-refractivity contribution is 0.0254. The Hall–Kier alpha value is -3.66. The monoisotopic (exact) mass is 453 g/mol. The summed E-state index contributed by atoms with van der Waals surface area (Å²) in [4.78, 5) is 7.91. The van der Waals surface area contributed by atoms with Gasteiger partial charge >= 0.3 is 0 Å². The van der Waals surface area contributed by atoms with Crippen LogP contribution in [-0.4, -0.2) is 34.4 Å². The highest BCUT2D eigenvalue weighted by Gasteiger charge is 2.19. The first-order valence-electron chi connectivity index (χ1n) is 11.5. The van der Waals surface area contributed by atoms with Crippen molar-refractivity contribution in [2.24, 2.45) is 0 Å². The minimum Gasteiger partial charge on any atom is -0.489 e. The van der Waals surface area contributed by atoms with Crippen LogP contribution in [0.5, 0.6) is 5.75 Å². The largest absolute Gasteiger partial charge is 0.489 e. The van der Waals surface area contributed by atoms with Gasteiger partial charge in [-0.1, -0.05) is 30.3 Å². The molecule has 0 saturated carbocycles. The van der Waals surface area contributed by atoms with Crippen molar-refractivity contribution in [1.82, 2.24) is 9.97 Å². The quantitative estimate of drug-likeness (QED) is 0.413. The summed E-state index contributed by atoms with van der Waals surface area (Å²) in [5.41, 5.74) is 5.16. The number of hydrogen-bond donors (Lipinski definition) is 2. The molecule has 0 unspecified atom stereocenters. The fraction of sp³-hybridized carbons (Fsp3) is 0.286. The molecule has 4 aromatic rings. The van der Waals surface area contributed by atoms with Gasteiger partial charge in [-0.2, -0.15) is 5.26 Å². The molecule has 2 aromatic heterocycles. The summed E-state index contributed by atoms with van der Waals surface area (Å²) in [6, 6.07) is 20.0. The first kappa shape index (κ1) is 22.1. The topological polar surface area (TPSA) is 91.2 Å². The van der Waals surface area contributed by atoms with Gasteiger partial charge in [0.2, 0.25) is 0 Å². The molecule has 2 aromatic carbocycles. The van der Waals surface area contributed by atoms with Gasteiger partial charge in [0.15, 0.2) is 0 Å². The van der Waals surface area contributed by atoms with Crippen LogP contribution in [0.3, 0.4) is 0 Å². The molecule has 6 nitrogen and oxygen atoms in total. The van der Waals surface area contributed by atoms with Gasteiger partial charge in [-0.15, -0.1) is 0 Å². The Bertz CT molecular complexity index is 1350. The molecule has 6 heteroatoms. The number of fused-ring (bicyclic) bond motifs is 1. The van der Waals surface area contributed by atoms with Gasteiger partial charge < -0.3 is 19.6 Å². The molecule has 3 heterocycles. The van der Waals surface area contributed by atoms with Crippen molar-refractivity contribution >= 4 is 11.0 Å². The number of H-pyrrole nitrogens is 1. The van der Waals surface area contributed by atoms with Gasteiger partial charge in [-0.25, -0.2) is 4.98 Å². The number of benzene rings is 2. The second-order valence-electron chi connectivity index (χ2n) is 9.19. The van der Waals surface area contributed by atoms with E-state index in [-0.39, 0.29) is 6.10 Å². The molecule has 1 aliphatic heterocycles. The van der Waals surface area contributed by atoms with E-state index in [4.69, 9.17) is 9.47 Å². The standard InChI is InChI=1S/C28H27N3O3/c1-28(2,32)21-6-3-18(4-7-21)25-16-24-23(9-12-30-27(24)31-25)19-5-8-26(20(15-19)17-29)34-22-10-13-33-14-11-22/h3-9,12,15-16,22,32H,10-11,13-14H2,1-2H3,(H,30,31). The number of nitrogens with zero attached hydrogens (tertiary/aromatic N) is 2. The molecule has 1 saturated heterocycles. The number of pyridine rings is 1. The number of aromatic amines is 1. The van der Waals surface area contributed by atoms with Crippen molar-refractivity contribution < 1.29 is 14.6 Å². The molecular weight excluding hydrogens is 426 g/mol. The van der Waals surface area contributed by atoms with Crippen LogP contribution in [0.4, 0.5) is 0 Å². The molecule has 0 radical (unpaired) electrons. The Labute approximate surface area is 198 Å². The lowest BCUT2D eigenvalue weighted by atomic mass is 9.96. The molecular formula is C28H27N3O3. The second-order valence-corrected chi connectivity index (χ2v) is 9.19. The van der Waals surface area contributed by atoms with E-state index in [1.165, 1.54) is 0 Å². The Morgan fingerprint density at radius 2 is 1.79 bits per heavy atom. The van der Waals surface area contributed by atoms with E-state index in [1.807, 2.05) is 48.5 Å². The summed E-state index contributed by atoms with van der Waals surface area (Å²) in [5, 5.41) is 21.0. The summed E-state index contributed by atoms with van der Waals surface area (Å²) >= 11 is 0. The van der Waals surface area contributed by atoms with Crippen LogP contribution < -0.4 is 4.74 Å². The highest BCUT2D eigenvalue weighted by molar-refractivity contribution is 5.96. The SMILES string of the molecule is CC(C)(O)c1ccc(-c2cc3c(-c4ccc(OC5CCOCC5)c(C#N)c4)ccnc3[nH]2)cc1. The van der Waals surface area contributed by atoms with Crippen LogP contribution in [0.2, 0.25) is 0 Å². The summed E-state index contributed by atoms with van der Waals surface area (Å²) in [5.74, 6) is 0.616. The molecule has 0 bridgehead atoms. The fourth-order valence-corrected chi connectivity index (χ4v) is 4.35. The second kappa shape index (κ2) is 8.94. The van der Waals surface area contributed by atoms with Gasteiger partial charge in [-0.3, -0.25) is 0 Å². The van der Waals surface area contributed by atoms with Crippen molar-refractivity contribution in [2.75, 3.05) is 13.2 Å². The number of nitrogens with one attached hydrogen (secondary N) is 1. The van der Waals surface area contributed by atoms with Gasteiger partial charge in [0, 0.05) is 30.1 Å². The van der Waals surface area contributed by atoms with Gasteiger partial charge in [0.25, 0.3) is 0 Å². The van der Waals surface area contributed by atoms with E-state index in [9.17, 15) is 10.4 Å². The summed E-state index contributed by atoms with van der Waals surface area (Å²) in [7, 11) is 0. The van der Waals surface area contributed by atoms with E-state index in [0.717, 1.165) is 51.8 Å². The smallest absolute Gasteiger partial charge is 0.138 e. The maximum atomic E-state index is 10.2. The van der Waals surface area contributed by atoms with Crippen molar-refractivity contribution in [2.45, 2.75) is 38.4 Å². The van der Waals surface area contributed by atoms with Crippen LogP contribution in [-0.2, 0) is 10.3 Å². The van der Waals surface area contributed by atoms with E-state index < -0.39 is 5.60 Å². The Balaban J connectivity index is 1.48. The normalized spacial score (nSPS) is 14.8. The van der Waals surface area contributed by atoms with Gasteiger partial charge in [0.05, 0.1) is 24.4 Å². The summed E-state index contributed by atoms with van der Waals surface area (Å²) in [6.07, 6.45) is 3.52. The minimum absolute atomic E-state index is 0.0781.